The summed E-state index contributed by atoms with van der Waals surface area (Å²) in [7, 11) is 0. The number of hydrogen-bond acceptors (Lipinski definition) is 2. The van der Waals surface area contributed by atoms with E-state index in [4.69, 9.17) is 5.73 Å². The molecule has 3 atom stereocenters. The predicted molar refractivity (Wildman–Crippen MR) is 68.2 cm³/mol. The first-order chi connectivity index (χ1) is 8.09. The smallest absolute Gasteiger partial charge is 0.123 e. The maximum absolute atomic E-state index is 13.0. The van der Waals surface area contributed by atoms with Crippen molar-refractivity contribution in [2.75, 3.05) is 6.54 Å². The molecule has 2 rings (SSSR count). The second kappa shape index (κ2) is 5.15. The van der Waals surface area contributed by atoms with Crippen molar-refractivity contribution in [3.63, 3.8) is 0 Å². The summed E-state index contributed by atoms with van der Waals surface area (Å²) in [5.74, 6) is -0.188. The molecule has 3 heteroatoms. The predicted octanol–water partition coefficient (Wildman–Crippen LogP) is 2.70. The maximum atomic E-state index is 13.0. The van der Waals surface area contributed by atoms with E-state index in [0.29, 0.717) is 6.04 Å². The lowest BCUT2D eigenvalue weighted by molar-refractivity contribution is 0.170. The molecule has 0 saturated carbocycles. The van der Waals surface area contributed by atoms with Crippen molar-refractivity contribution in [1.29, 1.82) is 0 Å². The van der Waals surface area contributed by atoms with Gasteiger partial charge in [-0.15, -0.1) is 0 Å². The van der Waals surface area contributed by atoms with Gasteiger partial charge in [-0.3, -0.25) is 4.90 Å². The van der Waals surface area contributed by atoms with Gasteiger partial charge in [0, 0.05) is 18.1 Å². The average molecular weight is 236 g/mol. The Bertz CT molecular complexity index is 361. The summed E-state index contributed by atoms with van der Waals surface area (Å²) in [6.07, 6.45) is 2.45. The van der Waals surface area contributed by atoms with Crippen LogP contribution in [0.15, 0.2) is 24.3 Å². The summed E-state index contributed by atoms with van der Waals surface area (Å²) >= 11 is 0. The monoisotopic (exact) mass is 236 g/mol. The van der Waals surface area contributed by atoms with Gasteiger partial charge in [0.15, 0.2) is 0 Å². The van der Waals surface area contributed by atoms with Crippen molar-refractivity contribution in [3.8, 4) is 0 Å². The highest BCUT2D eigenvalue weighted by Gasteiger charge is 2.30. The molecule has 1 aliphatic heterocycles. The van der Waals surface area contributed by atoms with E-state index in [0.717, 1.165) is 12.1 Å². The highest BCUT2D eigenvalue weighted by atomic mass is 19.1. The van der Waals surface area contributed by atoms with Crippen molar-refractivity contribution < 1.29 is 4.39 Å². The first-order valence-electron chi connectivity index (χ1n) is 6.36. The van der Waals surface area contributed by atoms with Crippen LogP contribution in [0.3, 0.4) is 0 Å². The first-order valence-corrected chi connectivity index (χ1v) is 6.36. The maximum Gasteiger partial charge on any atom is 0.123 e. The second-order valence-corrected chi connectivity index (χ2v) is 5.08. The number of likely N-dealkylation sites (tertiary alicyclic amines) is 1. The molecule has 0 aliphatic carbocycles. The number of nitrogens with zero attached hydrogens (tertiary/aromatic N) is 1. The van der Waals surface area contributed by atoms with E-state index in [1.807, 2.05) is 19.1 Å². The van der Waals surface area contributed by atoms with E-state index in [-0.39, 0.29) is 17.9 Å². The zero-order chi connectivity index (χ0) is 12.4. The van der Waals surface area contributed by atoms with Crippen molar-refractivity contribution >= 4 is 0 Å². The molecular formula is C14H21FN2. The fourth-order valence-electron chi connectivity index (χ4n) is 2.83. The molecule has 0 bridgehead atoms. The van der Waals surface area contributed by atoms with Crippen LogP contribution >= 0.6 is 0 Å². The zero-order valence-electron chi connectivity index (χ0n) is 10.6. The topological polar surface area (TPSA) is 29.3 Å². The minimum atomic E-state index is -0.188. The normalized spacial score (nSPS) is 24.8. The van der Waals surface area contributed by atoms with E-state index in [1.54, 1.807) is 0 Å². The Morgan fingerprint density at radius 1 is 1.35 bits per heavy atom. The highest BCUT2D eigenvalue weighted by molar-refractivity contribution is 5.22. The Morgan fingerprint density at radius 2 is 2.00 bits per heavy atom. The Hall–Kier alpha value is -0.930. The van der Waals surface area contributed by atoms with Crippen LogP contribution in [0.4, 0.5) is 4.39 Å². The van der Waals surface area contributed by atoms with Crippen molar-refractivity contribution in [2.45, 2.75) is 44.8 Å². The summed E-state index contributed by atoms with van der Waals surface area (Å²) in [5.41, 5.74) is 7.23. The molecule has 2 nitrogen and oxygen atoms in total. The lowest BCUT2D eigenvalue weighted by Crippen LogP contribution is -2.41. The molecule has 1 fully saturated rings. The summed E-state index contributed by atoms with van der Waals surface area (Å²) in [6, 6.07) is 7.57. The molecule has 3 unspecified atom stereocenters. The van der Waals surface area contributed by atoms with E-state index in [9.17, 15) is 4.39 Å². The molecule has 0 spiro atoms. The number of nitrogens with two attached hydrogens (primary N) is 1. The van der Waals surface area contributed by atoms with Gasteiger partial charge in [-0.1, -0.05) is 12.1 Å². The van der Waals surface area contributed by atoms with Crippen molar-refractivity contribution in [1.82, 2.24) is 4.90 Å². The average Bonchev–Trinajstić information content (AvgIpc) is 2.68. The van der Waals surface area contributed by atoms with Gasteiger partial charge in [-0.2, -0.15) is 0 Å². The van der Waals surface area contributed by atoms with Gasteiger partial charge in [-0.25, -0.2) is 4.39 Å². The fraction of sp³-hybridized carbons (Fsp3) is 0.571. The summed E-state index contributed by atoms with van der Waals surface area (Å²) in [6.45, 7) is 5.36. The lowest BCUT2D eigenvalue weighted by Gasteiger charge is -2.34. The van der Waals surface area contributed by atoms with Gasteiger partial charge < -0.3 is 5.73 Å². The molecule has 94 valence electrons. The molecule has 1 heterocycles. The van der Waals surface area contributed by atoms with E-state index in [1.165, 1.54) is 25.0 Å². The van der Waals surface area contributed by atoms with E-state index in [2.05, 4.69) is 11.8 Å². The third kappa shape index (κ3) is 2.67. The van der Waals surface area contributed by atoms with Crippen LogP contribution in [-0.2, 0) is 0 Å². The molecule has 0 aromatic heterocycles. The Morgan fingerprint density at radius 3 is 2.47 bits per heavy atom. The molecule has 1 aliphatic rings. The molecule has 1 saturated heterocycles. The van der Waals surface area contributed by atoms with Crippen molar-refractivity contribution in [3.05, 3.63) is 35.6 Å². The minimum Gasteiger partial charge on any atom is -0.326 e. The Balaban J connectivity index is 2.25. The second-order valence-electron chi connectivity index (χ2n) is 5.08. The zero-order valence-corrected chi connectivity index (χ0v) is 10.6. The lowest BCUT2D eigenvalue weighted by atomic mass is 9.98. The SMILES string of the molecule is CC(N)C(c1ccc(F)cc1)N1CCCC1C. The van der Waals surface area contributed by atoms with Crippen LogP contribution < -0.4 is 5.73 Å². The number of rotatable bonds is 3. The molecule has 1 aromatic rings. The van der Waals surface area contributed by atoms with Crippen LogP contribution in [0.2, 0.25) is 0 Å². The van der Waals surface area contributed by atoms with Crippen LogP contribution in [0.5, 0.6) is 0 Å². The van der Waals surface area contributed by atoms with Crippen LogP contribution in [0, 0.1) is 5.82 Å². The van der Waals surface area contributed by atoms with Gasteiger partial charge in [-0.05, 0) is 50.9 Å². The summed E-state index contributed by atoms with van der Waals surface area (Å²) in [4.78, 5) is 2.44. The first kappa shape index (κ1) is 12.5. The minimum absolute atomic E-state index is 0.0565. The van der Waals surface area contributed by atoms with Crippen LogP contribution in [0.25, 0.3) is 0 Å². The summed E-state index contributed by atoms with van der Waals surface area (Å²) in [5, 5.41) is 0. The molecule has 1 aromatic carbocycles. The molecule has 0 radical (unpaired) electrons. The van der Waals surface area contributed by atoms with Gasteiger partial charge in [0.2, 0.25) is 0 Å². The number of halogens is 1. The molecule has 2 N–H and O–H groups in total. The fourth-order valence-corrected chi connectivity index (χ4v) is 2.83. The number of benzene rings is 1. The highest BCUT2D eigenvalue weighted by Crippen LogP contribution is 2.31. The Kier molecular flexibility index (Phi) is 3.79. The quantitative estimate of drug-likeness (QED) is 0.874. The van der Waals surface area contributed by atoms with Gasteiger partial charge in [0.25, 0.3) is 0 Å². The molecule has 17 heavy (non-hydrogen) atoms. The summed E-state index contributed by atoms with van der Waals surface area (Å²) < 4.78 is 13.0. The number of hydrogen-bond donors (Lipinski definition) is 1. The van der Waals surface area contributed by atoms with E-state index < -0.39 is 0 Å². The van der Waals surface area contributed by atoms with Crippen LogP contribution in [0.1, 0.15) is 38.3 Å². The third-order valence-electron chi connectivity index (χ3n) is 3.67. The van der Waals surface area contributed by atoms with Gasteiger partial charge in [0.1, 0.15) is 5.82 Å². The van der Waals surface area contributed by atoms with Gasteiger partial charge >= 0.3 is 0 Å². The van der Waals surface area contributed by atoms with E-state index >= 15 is 0 Å². The standard InChI is InChI=1S/C14H21FN2/c1-10-4-3-9-17(10)14(11(2)16)12-5-7-13(15)8-6-12/h5-8,10-11,14H,3-4,9,16H2,1-2H3. The third-order valence-corrected chi connectivity index (χ3v) is 3.67. The molecule has 0 amide bonds. The van der Waals surface area contributed by atoms with Crippen molar-refractivity contribution in [2.24, 2.45) is 5.73 Å². The molecular weight excluding hydrogens is 215 g/mol. The van der Waals surface area contributed by atoms with Gasteiger partial charge in [0.05, 0.1) is 0 Å². The largest absolute Gasteiger partial charge is 0.326 e. The Labute approximate surface area is 103 Å². The van der Waals surface area contributed by atoms with Crippen LogP contribution in [-0.4, -0.2) is 23.5 Å².